The van der Waals surface area contributed by atoms with Gasteiger partial charge in [0.15, 0.2) is 0 Å². The minimum absolute atomic E-state index is 0.127. The van der Waals surface area contributed by atoms with Gasteiger partial charge in [0.25, 0.3) is 0 Å². The number of nitrogens with one attached hydrogen (secondary N) is 1. The summed E-state index contributed by atoms with van der Waals surface area (Å²) in [5.74, 6) is 3.02. The molecule has 5 heterocycles. The van der Waals surface area contributed by atoms with E-state index in [-0.39, 0.29) is 5.78 Å². The molecule has 0 saturated carbocycles. The van der Waals surface area contributed by atoms with Crippen molar-refractivity contribution in [2.45, 2.75) is 136 Å². The predicted octanol–water partition coefficient (Wildman–Crippen LogP) is 5.53. The summed E-state index contributed by atoms with van der Waals surface area (Å²) in [6.07, 6.45) is 13.2. The Bertz CT molecular complexity index is 2110. The Balaban J connectivity index is 0.000000351. The molecule has 2 aromatic heterocycles. The van der Waals surface area contributed by atoms with E-state index in [1.807, 2.05) is 17.9 Å². The number of aromatic nitrogens is 6. The average molecular weight is 1180 g/mol. The maximum Gasteiger partial charge on any atom is 0.135 e. The SMILES string of the molecule is CC(=O)CCOCCOCCOCCOCCOCCOCCOCCOCCn1cc(CCCCN2CCN(CCC=O)CC2)nn1.CN1CC(C=O)C1.CNC(CCN1C(C)CCC1CC(C)n1c(C)nnc1C(C)C)c1ccccc1. The number of carbonyl (C=O) groups is 3. The van der Waals surface area contributed by atoms with Crippen molar-refractivity contribution in [3.05, 3.63) is 59.4 Å². The number of likely N-dealkylation sites (tertiary alicyclic amines) is 2. The molecule has 1 N–H and O–H groups in total. The van der Waals surface area contributed by atoms with Crippen molar-refractivity contribution in [1.29, 1.82) is 0 Å². The maximum absolute atomic E-state index is 10.8. The first-order valence-electron chi connectivity index (χ1n) is 31.3. The van der Waals surface area contributed by atoms with Crippen molar-refractivity contribution < 1.29 is 52.3 Å². The third-order valence-electron chi connectivity index (χ3n) is 15.4. The van der Waals surface area contributed by atoms with E-state index in [1.165, 1.54) is 24.8 Å². The van der Waals surface area contributed by atoms with E-state index in [2.05, 4.69) is 122 Å². The highest BCUT2D eigenvalue weighted by molar-refractivity contribution is 5.75. The number of benzene rings is 1. The average Bonchev–Trinajstić information content (AvgIpc) is 4.36. The van der Waals surface area contributed by atoms with Crippen LogP contribution in [0.25, 0.3) is 0 Å². The first kappa shape index (κ1) is 72.5. The molecule has 1 aromatic carbocycles. The Morgan fingerprint density at radius 3 is 1.74 bits per heavy atom. The molecule has 3 aromatic rings. The number of hydrogen-bond acceptors (Lipinski definition) is 20. The van der Waals surface area contributed by atoms with Crippen molar-refractivity contribution in [3.63, 3.8) is 0 Å². The van der Waals surface area contributed by atoms with Gasteiger partial charge in [-0.25, -0.2) is 4.68 Å². The third-order valence-corrected chi connectivity index (χ3v) is 15.4. The molecule has 6 rings (SSSR count). The Kier molecular flexibility index (Phi) is 39.1. The van der Waals surface area contributed by atoms with Gasteiger partial charge < -0.3 is 72.1 Å². The lowest BCUT2D eigenvalue weighted by Gasteiger charge is -2.34. The molecule has 84 heavy (non-hydrogen) atoms. The predicted molar refractivity (Wildman–Crippen MR) is 326 cm³/mol. The smallest absolute Gasteiger partial charge is 0.135 e. The Morgan fingerprint density at radius 1 is 0.690 bits per heavy atom. The molecule has 0 radical (unpaired) electrons. The zero-order chi connectivity index (χ0) is 60.4. The van der Waals surface area contributed by atoms with Gasteiger partial charge in [0.2, 0.25) is 0 Å². The molecule has 0 bridgehead atoms. The first-order chi connectivity index (χ1) is 40.9. The van der Waals surface area contributed by atoms with Crippen LogP contribution in [0.5, 0.6) is 0 Å². The Morgan fingerprint density at radius 2 is 1.24 bits per heavy atom. The minimum atomic E-state index is 0.127. The summed E-state index contributed by atoms with van der Waals surface area (Å²) in [6.45, 7) is 30.8. The van der Waals surface area contributed by atoms with E-state index in [4.69, 9.17) is 37.9 Å². The molecule has 22 nitrogen and oxygen atoms in total. The molecule has 3 aliphatic heterocycles. The first-order valence-corrected chi connectivity index (χ1v) is 31.3. The van der Waals surface area contributed by atoms with Crippen molar-refractivity contribution in [2.75, 3.05) is 179 Å². The van der Waals surface area contributed by atoms with Crippen molar-refractivity contribution in [3.8, 4) is 0 Å². The quantitative estimate of drug-likeness (QED) is 0.0544. The number of hydrogen-bond donors (Lipinski definition) is 1. The van der Waals surface area contributed by atoms with Crippen molar-refractivity contribution in [2.24, 2.45) is 5.92 Å². The van der Waals surface area contributed by atoms with Crippen LogP contribution in [-0.2, 0) is 65.2 Å². The lowest BCUT2D eigenvalue weighted by Crippen LogP contribution is -2.46. The lowest BCUT2D eigenvalue weighted by molar-refractivity contribution is -0.118. The van der Waals surface area contributed by atoms with Gasteiger partial charge >= 0.3 is 0 Å². The fourth-order valence-electron chi connectivity index (χ4n) is 10.6. The zero-order valence-corrected chi connectivity index (χ0v) is 52.8. The summed E-state index contributed by atoms with van der Waals surface area (Å²) in [6, 6.07) is 13.0. The van der Waals surface area contributed by atoms with Crippen LogP contribution in [0.3, 0.4) is 0 Å². The van der Waals surface area contributed by atoms with E-state index >= 15 is 0 Å². The summed E-state index contributed by atoms with van der Waals surface area (Å²) in [5.41, 5.74) is 2.41. The van der Waals surface area contributed by atoms with Crippen LogP contribution in [-0.4, -0.2) is 259 Å². The maximum atomic E-state index is 10.8. The molecule has 0 aliphatic carbocycles. The number of rotatable bonds is 45. The monoisotopic (exact) mass is 1180 g/mol. The number of Topliss-reactive ketones (excluding diaryl/α,β-unsaturated/α-hetero) is 1. The summed E-state index contributed by atoms with van der Waals surface area (Å²) >= 11 is 0. The fourth-order valence-corrected chi connectivity index (χ4v) is 10.6. The van der Waals surface area contributed by atoms with Crippen LogP contribution in [0.15, 0.2) is 36.5 Å². The molecule has 4 unspecified atom stereocenters. The molecule has 3 aliphatic rings. The van der Waals surface area contributed by atoms with Gasteiger partial charge in [-0.05, 0) is 98.8 Å². The highest BCUT2D eigenvalue weighted by Crippen LogP contribution is 2.32. The highest BCUT2D eigenvalue weighted by Gasteiger charge is 2.33. The molecule has 0 amide bonds. The number of ether oxygens (including phenoxy) is 8. The normalized spacial score (nSPS) is 17.8. The van der Waals surface area contributed by atoms with E-state index in [0.717, 1.165) is 115 Å². The van der Waals surface area contributed by atoms with E-state index in [1.54, 1.807) is 6.92 Å². The summed E-state index contributed by atoms with van der Waals surface area (Å²) in [5, 5.41) is 20.8. The molecular formula is C62H109N11O11. The molecule has 3 fully saturated rings. The number of aldehydes is 2. The largest absolute Gasteiger partial charge is 0.379 e. The number of carbonyl (C=O) groups excluding carboxylic acids is 3. The van der Waals surface area contributed by atoms with Gasteiger partial charge in [-0.2, -0.15) is 0 Å². The van der Waals surface area contributed by atoms with Gasteiger partial charge in [-0.1, -0.05) is 49.4 Å². The number of unbranched alkanes of at least 4 members (excludes halogenated alkanes) is 1. The van der Waals surface area contributed by atoms with Gasteiger partial charge in [-0.3, -0.25) is 9.69 Å². The van der Waals surface area contributed by atoms with Gasteiger partial charge in [0, 0.05) is 107 Å². The Labute approximate surface area is 503 Å². The van der Waals surface area contributed by atoms with E-state index in [9.17, 15) is 14.4 Å². The number of piperazine rings is 1. The molecule has 22 heteroatoms. The second-order valence-electron chi connectivity index (χ2n) is 22.6. The van der Waals surface area contributed by atoms with Crippen LogP contribution in [0.1, 0.15) is 127 Å². The van der Waals surface area contributed by atoms with E-state index < -0.39 is 0 Å². The zero-order valence-electron chi connectivity index (χ0n) is 52.8. The molecule has 3 saturated heterocycles. The molecule has 0 spiro atoms. The number of nitrogens with zero attached hydrogens (tertiary/aromatic N) is 10. The number of ketones is 1. The van der Waals surface area contributed by atoms with Gasteiger partial charge in [0.1, 0.15) is 30.0 Å². The van der Waals surface area contributed by atoms with Crippen molar-refractivity contribution >= 4 is 18.4 Å². The number of aryl methyl sites for hydroxylation is 2. The van der Waals surface area contributed by atoms with Crippen LogP contribution in [0.4, 0.5) is 0 Å². The van der Waals surface area contributed by atoms with E-state index in [0.29, 0.717) is 161 Å². The molecular weight excluding hydrogens is 1070 g/mol. The Hall–Kier alpha value is -4.01. The van der Waals surface area contributed by atoms with Crippen molar-refractivity contribution in [1.82, 2.24) is 54.7 Å². The summed E-state index contributed by atoms with van der Waals surface area (Å²) in [7, 11) is 4.09. The molecule has 4 atom stereocenters. The van der Waals surface area contributed by atoms with Crippen LogP contribution >= 0.6 is 0 Å². The highest BCUT2D eigenvalue weighted by atomic mass is 16.6. The third kappa shape index (κ3) is 31.1. The topological polar surface area (TPSA) is 211 Å². The standard InChI is InChI=1S/C33H61N5O10.C24H39N5.C5H9NO/c1-32(40)6-15-41-17-19-43-21-23-45-25-27-47-29-30-48-28-26-46-24-22-44-20-18-42-16-13-38-31-33(34-35-38)5-2-3-7-36-9-11-37(12-10-36)8-4-14-39;1-17(2)24-27-26-20(5)29(24)19(4)16-22-13-12-18(3)28(22)15-14-23(25-6)21-10-8-7-9-11-21;1-6-2-5(3-6)4-7/h14,31H,2-13,15-30H2,1H3;7-11,17-19,22-23,25H,12-16H2,1-6H3;4-5H,2-3H2,1H3. The second kappa shape index (κ2) is 45.3. The second-order valence-corrected chi connectivity index (χ2v) is 22.6. The molecule has 478 valence electrons. The van der Waals surface area contributed by atoms with Crippen LogP contribution < -0.4 is 5.32 Å². The van der Waals surface area contributed by atoms with Crippen LogP contribution in [0.2, 0.25) is 0 Å². The lowest BCUT2D eigenvalue weighted by atomic mass is 10.0. The van der Waals surface area contributed by atoms with Gasteiger partial charge in [-0.15, -0.1) is 15.3 Å². The van der Waals surface area contributed by atoms with Crippen LogP contribution in [0, 0.1) is 12.8 Å². The minimum Gasteiger partial charge on any atom is -0.379 e. The summed E-state index contributed by atoms with van der Waals surface area (Å²) < 4.78 is 48.0. The fraction of sp³-hybridized carbons (Fsp3) is 0.790. The summed E-state index contributed by atoms with van der Waals surface area (Å²) in [4.78, 5) is 41.0. The van der Waals surface area contributed by atoms with Gasteiger partial charge in [0.05, 0.1) is 118 Å².